The number of nitrogens with zero attached hydrogens (tertiary/aromatic N) is 2. The first-order valence-electron chi connectivity index (χ1n) is 9.99. The van der Waals surface area contributed by atoms with Crippen LogP contribution in [0.5, 0.6) is 5.75 Å². The molecular formula is C22H25N5O3S. The molecule has 0 radical (unpaired) electrons. The highest BCUT2D eigenvalue weighted by Crippen LogP contribution is 2.21. The number of rotatable bonds is 9. The lowest BCUT2D eigenvalue weighted by atomic mass is 10.2. The van der Waals surface area contributed by atoms with Gasteiger partial charge in [0.15, 0.2) is 10.6 Å². The lowest BCUT2D eigenvalue weighted by molar-refractivity contribution is -0.116. The molecule has 0 fully saturated rings. The van der Waals surface area contributed by atoms with Gasteiger partial charge in [-0.1, -0.05) is 6.92 Å². The molecule has 0 saturated carbocycles. The average Bonchev–Trinajstić information content (AvgIpc) is 3.16. The van der Waals surface area contributed by atoms with E-state index in [1.54, 1.807) is 35.9 Å². The summed E-state index contributed by atoms with van der Waals surface area (Å²) >= 11 is 5.32. The number of hydrogen-bond acceptors (Lipinski definition) is 5. The van der Waals surface area contributed by atoms with Crippen LogP contribution in [0, 0.1) is 4.77 Å². The van der Waals surface area contributed by atoms with Gasteiger partial charge in [0.1, 0.15) is 5.75 Å². The van der Waals surface area contributed by atoms with Gasteiger partial charge in [-0.25, -0.2) is 0 Å². The van der Waals surface area contributed by atoms with Crippen molar-refractivity contribution >= 4 is 29.7 Å². The van der Waals surface area contributed by atoms with Crippen molar-refractivity contribution in [2.24, 2.45) is 0 Å². The van der Waals surface area contributed by atoms with E-state index in [2.05, 4.69) is 20.8 Å². The Balaban J connectivity index is 1.60. The number of benzene rings is 2. The van der Waals surface area contributed by atoms with E-state index in [0.717, 1.165) is 17.7 Å². The summed E-state index contributed by atoms with van der Waals surface area (Å²) in [5.74, 6) is 1.12. The number of carbonyl (C=O) groups is 2. The Labute approximate surface area is 185 Å². The second-order valence-corrected chi connectivity index (χ2v) is 7.25. The van der Waals surface area contributed by atoms with Crippen molar-refractivity contribution < 1.29 is 14.3 Å². The SMILES string of the molecule is CCCNC(=O)c1ccc(NC(=O)CCn2c(-c3ccc(OC)cc3)n[nH]c2=S)cc1. The van der Waals surface area contributed by atoms with Gasteiger partial charge in [-0.15, -0.1) is 0 Å². The van der Waals surface area contributed by atoms with Crippen LogP contribution in [0.1, 0.15) is 30.1 Å². The average molecular weight is 440 g/mol. The lowest BCUT2D eigenvalue weighted by Crippen LogP contribution is -2.23. The highest BCUT2D eigenvalue weighted by molar-refractivity contribution is 7.71. The molecule has 1 aromatic heterocycles. The topological polar surface area (TPSA) is 101 Å². The third-order valence-corrected chi connectivity index (χ3v) is 4.95. The molecule has 162 valence electrons. The van der Waals surface area contributed by atoms with Gasteiger partial charge in [-0.05, 0) is 67.2 Å². The minimum absolute atomic E-state index is 0.125. The van der Waals surface area contributed by atoms with Gasteiger partial charge < -0.3 is 15.4 Å². The Morgan fingerprint density at radius 1 is 1.13 bits per heavy atom. The Bertz CT molecular complexity index is 1090. The maximum atomic E-state index is 12.4. The van der Waals surface area contributed by atoms with Crippen molar-refractivity contribution in [1.29, 1.82) is 0 Å². The van der Waals surface area contributed by atoms with Gasteiger partial charge in [0.25, 0.3) is 5.91 Å². The molecule has 0 spiro atoms. The number of methoxy groups -OCH3 is 1. The van der Waals surface area contributed by atoms with Gasteiger partial charge in [-0.2, -0.15) is 5.10 Å². The van der Waals surface area contributed by atoms with Crippen LogP contribution >= 0.6 is 12.2 Å². The maximum Gasteiger partial charge on any atom is 0.251 e. The van der Waals surface area contributed by atoms with E-state index >= 15 is 0 Å². The van der Waals surface area contributed by atoms with Crippen LogP contribution in [0.25, 0.3) is 11.4 Å². The van der Waals surface area contributed by atoms with Crippen LogP contribution in [0.4, 0.5) is 5.69 Å². The molecule has 3 aromatic rings. The Morgan fingerprint density at radius 3 is 2.48 bits per heavy atom. The summed E-state index contributed by atoms with van der Waals surface area (Å²) in [4.78, 5) is 24.4. The lowest BCUT2D eigenvalue weighted by Gasteiger charge is -2.09. The molecule has 0 saturated heterocycles. The van der Waals surface area contributed by atoms with Gasteiger partial charge >= 0.3 is 0 Å². The Hall–Kier alpha value is -3.46. The summed E-state index contributed by atoms with van der Waals surface area (Å²) in [7, 11) is 1.61. The van der Waals surface area contributed by atoms with E-state index in [-0.39, 0.29) is 18.2 Å². The van der Waals surface area contributed by atoms with Crippen molar-refractivity contribution in [3.8, 4) is 17.1 Å². The number of hydrogen-bond donors (Lipinski definition) is 3. The molecule has 3 N–H and O–H groups in total. The summed E-state index contributed by atoms with van der Waals surface area (Å²) in [6.45, 7) is 3.00. The first-order valence-corrected chi connectivity index (χ1v) is 10.4. The van der Waals surface area contributed by atoms with Crippen molar-refractivity contribution in [2.45, 2.75) is 26.3 Å². The number of amides is 2. The van der Waals surface area contributed by atoms with Crippen molar-refractivity contribution in [3.05, 3.63) is 58.9 Å². The minimum atomic E-state index is -0.160. The standard InChI is InChI=1S/C22H25N5O3S/c1-3-13-23-21(29)16-4-8-17(9-5-16)24-19(28)12-14-27-20(25-26-22(27)31)15-6-10-18(30-2)11-7-15/h4-11H,3,12-14H2,1-2H3,(H,23,29)(H,24,28)(H,26,31). The molecule has 31 heavy (non-hydrogen) atoms. The molecule has 0 aliphatic rings. The number of aromatic amines is 1. The molecular weight excluding hydrogens is 414 g/mol. The fraction of sp³-hybridized carbons (Fsp3) is 0.273. The second kappa shape index (κ2) is 10.5. The fourth-order valence-corrected chi connectivity index (χ4v) is 3.19. The van der Waals surface area contributed by atoms with Crippen molar-refractivity contribution in [3.63, 3.8) is 0 Å². The summed E-state index contributed by atoms with van der Waals surface area (Å²) in [5.41, 5.74) is 2.05. The number of ether oxygens (including phenoxy) is 1. The molecule has 0 bridgehead atoms. The number of anilines is 1. The minimum Gasteiger partial charge on any atom is -0.497 e. The Kier molecular flexibility index (Phi) is 7.55. The van der Waals surface area contributed by atoms with E-state index < -0.39 is 0 Å². The van der Waals surface area contributed by atoms with Crippen LogP contribution < -0.4 is 15.4 Å². The third kappa shape index (κ3) is 5.79. The summed E-state index contributed by atoms with van der Waals surface area (Å²) in [5, 5.41) is 12.7. The zero-order valence-electron chi connectivity index (χ0n) is 17.5. The highest BCUT2D eigenvalue weighted by Gasteiger charge is 2.12. The monoisotopic (exact) mass is 439 g/mol. The first-order chi connectivity index (χ1) is 15.0. The molecule has 0 unspecified atom stereocenters. The zero-order chi connectivity index (χ0) is 22.2. The van der Waals surface area contributed by atoms with E-state index in [0.29, 0.717) is 34.9 Å². The third-order valence-electron chi connectivity index (χ3n) is 4.64. The van der Waals surface area contributed by atoms with Gasteiger partial charge in [0, 0.05) is 36.3 Å². The van der Waals surface area contributed by atoms with E-state index in [4.69, 9.17) is 17.0 Å². The zero-order valence-corrected chi connectivity index (χ0v) is 18.3. The number of carbonyl (C=O) groups excluding carboxylic acids is 2. The van der Waals surface area contributed by atoms with Crippen LogP contribution in [0.15, 0.2) is 48.5 Å². The van der Waals surface area contributed by atoms with Crippen LogP contribution in [0.3, 0.4) is 0 Å². The molecule has 9 heteroatoms. The quantitative estimate of drug-likeness (QED) is 0.441. The van der Waals surface area contributed by atoms with E-state index in [9.17, 15) is 9.59 Å². The van der Waals surface area contributed by atoms with Crippen molar-refractivity contribution in [1.82, 2.24) is 20.1 Å². The van der Waals surface area contributed by atoms with Gasteiger partial charge in [0.05, 0.1) is 7.11 Å². The van der Waals surface area contributed by atoms with Gasteiger partial charge in [-0.3, -0.25) is 19.3 Å². The van der Waals surface area contributed by atoms with Crippen LogP contribution in [-0.2, 0) is 11.3 Å². The van der Waals surface area contributed by atoms with Crippen molar-refractivity contribution in [2.75, 3.05) is 19.0 Å². The molecule has 2 amide bonds. The smallest absolute Gasteiger partial charge is 0.251 e. The number of H-pyrrole nitrogens is 1. The number of nitrogens with one attached hydrogen (secondary N) is 3. The summed E-state index contributed by atoms with van der Waals surface area (Å²) in [6, 6.07) is 14.3. The molecule has 0 aliphatic heterocycles. The predicted octanol–water partition coefficient (Wildman–Crippen LogP) is 3.78. The van der Waals surface area contributed by atoms with E-state index in [1.807, 2.05) is 31.2 Å². The van der Waals surface area contributed by atoms with E-state index in [1.165, 1.54) is 0 Å². The molecule has 0 atom stereocenters. The summed E-state index contributed by atoms with van der Waals surface area (Å²) in [6.07, 6.45) is 1.09. The normalized spacial score (nSPS) is 10.5. The molecule has 3 rings (SSSR count). The Morgan fingerprint density at radius 2 is 1.84 bits per heavy atom. The maximum absolute atomic E-state index is 12.4. The molecule has 1 heterocycles. The first kappa shape index (κ1) is 22.2. The van der Waals surface area contributed by atoms with Crippen LogP contribution in [-0.4, -0.2) is 40.2 Å². The molecule has 0 aliphatic carbocycles. The second-order valence-electron chi connectivity index (χ2n) is 6.86. The molecule has 2 aromatic carbocycles. The predicted molar refractivity (Wildman–Crippen MR) is 122 cm³/mol. The summed E-state index contributed by atoms with van der Waals surface area (Å²) < 4.78 is 7.42. The number of aromatic nitrogens is 3. The van der Waals surface area contributed by atoms with Gasteiger partial charge in [0.2, 0.25) is 5.91 Å². The highest BCUT2D eigenvalue weighted by atomic mass is 32.1. The van der Waals surface area contributed by atoms with Crippen LogP contribution in [0.2, 0.25) is 0 Å². The molecule has 8 nitrogen and oxygen atoms in total. The fourth-order valence-electron chi connectivity index (χ4n) is 2.97. The largest absolute Gasteiger partial charge is 0.497 e.